The maximum Gasteiger partial charge on any atom is 0.393 e. The first-order valence-corrected chi connectivity index (χ1v) is 11.9. The molecule has 0 radical (unpaired) electrons. The van der Waals surface area contributed by atoms with E-state index < -0.39 is 18.4 Å². The van der Waals surface area contributed by atoms with Gasteiger partial charge < -0.3 is 9.64 Å². The van der Waals surface area contributed by atoms with Crippen molar-refractivity contribution >= 4 is 21.6 Å². The molecule has 0 saturated carbocycles. The van der Waals surface area contributed by atoms with Gasteiger partial charge >= 0.3 is 6.18 Å². The Morgan fingerprint density at radius 1 is 0.912 bits per heavy atom. The van der Waals surface area contributed by atoms with Gasteiger partial charge in [-0.15, -0.1) is 0 Å². The summed E-state index contributed by atoms with van der Waals surface area (Å²) in [6.45, 7) is 4.30. The van der Waals surface area contributed by atoms with Crippen LogP contribution in [0.25, 0.3) is 0 Å². The summed E-state index contributed by atoms with van der Waals surface area (Å²) in [5.41, 5.74) is 3.32. The van der Waals surface area contributed by atoms with Gasteiger partial charge in [0.05, 0.1) is 19.2 Å². The summed E-state index contributed by atoms with van der Waals surface area (Å²) in [5.74, 6) is 0.0710. The number of aryl methyl sites for hydroxylation is 1. The molecule has 3 rings (SSSR count). The third-order valence-electron chi connectivity index (χ3n) is 5.74. The van der Waals surface area contributed by atoms with Gasteiger partial charge in [-0.2, -0.15) is 13.2 Å². The molecule has 0 aliphatic heterocycles. The number of hydrogen-bond acceptors (Lipinski definition) is 2. The van der Waals surface area contributed by atoms with Gasteiger partial charge in [0.1, 0.15) is 11.6 Å². The highest BCUT2D eigenvalue weighted by molar-refractivity contribution is 9.10. The van der Waals surface area contributed by atoms with Crippen molar-refractivity contribution in [1.82, 2.24) is 0 Å². The van der Waals surface area contributed by atoms with Crippen LogP contribution in [0.15, 0.2) is 59.1 Å². The van der Waals surface area contributed by atoms with Gasteiger partial charge in [0.2, 0.25) is 0 Å². The second kappa shape index (κ2) is 11.3. The fourth-order valence-corrected chi connectivity index (χ4v) is 4.57. The van der Waals surface area contributed by atoms with E-state index in [2.05, 4.69) is 35.0 Å². The molecule has 3 aromatic rings. The second-order valence-electron chi connectivity index (χ2n) is 8.36. The molecule has 0 unspecified atom stereocenters. The van der Waals surface area contributed by atoms with Gasteiger partial charge in [0.15, 0.2) is 0 Å². The molecule has 34 heavy (non-hydrogen) atoms. The number of benzene rings is 3. The van der Waals surface area contributed by atoms with E-state index in [1.807, 2.05) is 41.3 Å². The van der Waals surface area contributed by atoms with E-state index >= 15 is 4.39 Å². The molecule has 7 heteroatoms. The summed E-state index contributed by atoms with van der Waals surface area (Å²) < 4.78 is 60.1. The van der Waals surface area contributed by atoms with Gasteiger partial charge in [-0.05, 0) is 59.4 Å². The molecule has 0 aliphatic rings. The molecule has 0 atom stereocenters. The first-order chi connectivity index (χ1) is 16.1. The number of nitrogens with zero attached hydrogens (tertiary/aromatic N) is 1. The lowest BCUT2D eigenvalue weighted by Gasteiger charge is -2.28. The normalized spacial score (nSPS) is 11.5. The monoisotopic (exact) mass is 537 g/mol. The van der Waals surface area contributed by atoms with Crippen molar-refractivity contribution in [3.05, 3.63) is 92.7 Å². The Kier molecular flexibility index (Phi) is 8.63. The standard InChI is InChI=1S/C27H28BrF4NO/c1-4-5-19-6-8-20(9-7-19)16-33(17-21-10-12-22(34-3)13-11-21)25-14-24(28)23(15-27(30,31)32)18(2)26(25)29/h6-14H,4-5,15-17H2,1-3H3. The summed E-state index contributed by atoms with van der Waals surface area (Å²) in [5, 5.41) is 0. The fraction of sp³-hybridized carbons (Fsp3) is 0.333. The van der Waals surface area contributed by atoms with Crippen molar-refractivity contribution in [2.45, 2.75) is 52.4 Å². The molecule has 0 heterocycles. The zero-order valence-electron chi connectivity index (χ0n) is 19.5. The van der Waals surface area contributed by atoms with Crippen LogP contribution in [-0.2, 0) is 25.9 Å². The molecular formula is C27H28BrF4NO. The topological polar surface area (TPSA) is 12.5 Å². The van der Waals surface area contributed by atoms with Crippen LogP contribution in [0.3, 0.4) is 0 Å². The van der Waals surface area contributed by atoms with E-state index in [4.69, 9.17) is 4.74 Å². The predicted octanol–water partition coefficient (Wildman–Crippen LogP) is 8.17. The Morgan fingerprint density at radius 2 is 1.44 bits per heavy atom. The van der Waals surface area contributed by atoms with Crippen LogP contribution in [-0.4, -0.2) is 13.3 Å². The van der Waals surface area contributed by atoms with Crippen LogP contribution in [0.1, 0.15) is 41.2 Å². The van der Waals surface area contributed by atoms with Crippen LogP contribution in [0.4, 0.5) is 23.2 Å². The van der Waals surface area contributed by atoms with Crippen molar-refractivity contribution in [1.29, 1.82) is 0 Å². The van der Waals surface area contributed by atoms with Crippen LogP contribution in [0, 0.1) is 12.7 Å². The van der Waals surface area contributed by atoms with Crippen LogP contribution in [0.5, 0.6) is 5.75 Å². The van der Waals surface area contributed by atoms with E-state index in [1.165, 1.54) is 18.6 Å². The van der Waals surface area contributed by atoms with Gasteiger partial charge in [-0.25, -0.2) is 4.39 Å². The highest BCUT2D eigenvalue weighted by Gasteiger charge is 2.31. The lowest BCUT2D eigenvalue weighted by molar-refractivity contribution is -0.127. The minimum atomic E-state index is -4.43. The number of hydrogen-bond donors (Lipinski definition) is 0. The minimum absolute atomic E-state index is 0.000255. The highest BCUT2D eigenvalue weighted by atomic mass is 79.9. The Balaban J connectivity index is 1.99. The number of rotatable bonds is 9. The SMILES string of the molecule is CCCc1ccc(CN(Cc2ccc(OC)cc2)c2cc(Br)c(CC(F)(F)F)c(C)c2F)cc1. The number of halogens is 5. The van der Waals surface area contributed by atoms with Gasteiger partial charge in [0, 0.05) is 17.6 Å². The zero-order valence-corrected chi connectivity index (χ0v) is 21.1. The third kappa shape index (κ3) is 6.75. The van der Waals surface area contributed by atoms with Crippen molar-refractivity contribution in [2.24, 2.45) is 0 Å². The molecular weight excluding hydrogens is 510 g/mol. The quantitative estimate of drug-likeness (QED) is 0.255. The van der Waals surface area contributed by atoms with E-state index in [-0.39, 0.29) is 21.3 Å². The summed E-state index contributed by atoms with van der Waals surface area (Å²) in [6, 6.07) is 17.1. The molecule has 0 N–H and O–H groups in total. The third-order valence-corrected chi connectivity index (χ3v) is 6.45. The van der Waals surface area contributed by atoms with Gasteiger partial charge in [-0.1, -0.05) is 65.7 Å². The second-order valence-corrected chi connectivity index (χ2v) is 9.21. The molecule has 0 fully saturated rings. The minimum Gasteiger partial charge on any atom is -0.497 e. The van der Waals surface area contributed by atoms with Crippen molar-refractivity contribution < 1.29 is 22.3 Å². The smallest absolute Gasteiger partial charge is 0.393 e. The van der Waals surface area contributed by atoms with Crippen LogP contribution >= 0.6 is 15.9 Å². The highest BCUT2D eigenvalue weighted by Crippen LogP contribution is 2.36. The van der Waals surface area contributed by atoms with E-state index in [0.29, 0.717) is 18.8 Å². The largest absolute Gasteiger partial charge is 0.497 e. The molecule has 0 bridgehead atoms. The average Bonchev–Trinajstić information content (AvgIpc) is 2.80. The average molecular weight is 538 g/mol. The van der Waals surface area contributed by atoms with Crippen LogP contribution in [0.2, 0.25) is 0 Å². The summed E-state index contributed by atoms with van der Waals surface area (Å²) in [7, 11) is 1.59. The van der Waals surface area contributed by atoms with Crippen LogP contribution < -0.4 is 9.64 Å². The van der Waals surface area contributed by atoms with Crippen molar-refractivity contribution in [3.8, 4) is 5.75 Å². The lowest BCUT2D eigenvalue weighted by atomic mass is 10.0. The maximum atomic E-state index is 15.5. The molecule has 0 saturated heterocycles. The predicted molar refractivity (Wildman–Crippen MR) is 132 cm³/mol. The van der Waals surface area contributed by atoms with Crippen molar-refractivity contribution in [2.75, 3.05) is 12.0 Å². The molecule has 182 valence electrons. The lowest BCUT2D eigenvalue weighted by Crippen LogP contribution is -2.24. The maximum absolute atomic E-state index is 15.5. The first-order valence-electron chi connectivity index (χ1n) is 11.1. The summed E-state index contributed by atoms with van der Waals surface area (Å²) >= 11 is 3.26. The van der Waals surface area contributed by atoms with Gasteiger partial charge in [-0.3, -0.25) is 0 Å². The molecule has 0 aliphatic carbocycles. The summed E-state index contributed by atoms with van der Waals surface area (Å²) in [4.78, 5) is 1.85. The van der Waals surface area contributed by atoms with Crippen molar-refractivity contribution in [3.63, 3.8) is 0 Å². The Bertz CT molecular complexity index is 1100. The Labute approximate surface area is 206 Å². The Morgan fingerprint density at radius 3 is 1.94 bits per heavy atom. The van der Waals surface area contributed by atoms with Gasteiger partial charge in [0.25, 0.3) is 0 Å². The first kappa shape index (κ1) is 26.1. The number of methoxy groups -OCH3 is 1. The zero-order chi connectivity index (χ0) is 24.9. The molecule has 2 nitrogen and oxygen atoms in total. The fourth-order valence-electron chi connectivity index (χ4n) is 3.92. The molecule has 0 spiro atoms. The number of anilines is 1. The van der Waals surface area contributed by atoms with E-state index in [0.717, 1.165) is 24.0 Å². The Hall–Kier alpha value is -2.54. The number of ether oxygens (including phenoxy) is 1. The van der Waals surface area contributed by atoms with E-state index in [9.17, 15) is 13.2 Å². The summed E-state index contributed by atoms with van der Waals surface area (Å²) in [6.07, 6.45) is -3.58. The molecule has 3 aromatic carbocycles. The number of alkyl halides is 3. The molecule has 0 aromatic heterocycles. The van der Waals surface area contributed by atoms with E-state index in [1.54, 1.807) is 7.11 Å². The molecule has 0 amide bonds.